The number of fused-ring (bicyclic) bond motifs is 4. The molecule has 0 bridgehead atoms. The number of amides is 1. The highest BCUT2D eigenvalue weighted by atomic mass is 35.5. The number of alkyl carbamates (subject to hydrolysis) is 1. The Hall–Kier alpha value is -3.77. The second-order valence-electron chi connectivity index (χ2n) is 8.07. The number of carboxylic acids is 1. The number of hydrogen-bond donors (Lipinski definition) is 3. The van der Waals surface area contributed by atoms with Gasteiger partial charge in [0.2, 0.25) is 0 Å². The summed E-state index contributed by atoms with van der Waals surface area (Å²) in [6.45, 7) is 0.123. The third-order valence-corrected chi connectivity index (χ3v) is 6.32. The van der Waals surface area contributed by atoms with Crippen LogP contribution in [0.2, 0.25) is 5.02 Å². The first-order valence-electron chi connectivity index (χ1n) is 10.6. The van der Waals surface area contributed by atoms with Crippen molar-refractivity contribution in [3.05, 3.63) is 94.6 Å². The van der Waals surface area contributed by atoms with Crippen molar-refractivity contribution in [1.29, 1.82) is 0 Å². The number of H-pyrrole nitrogens is 1. The highest BCUT2D eigenvalue weighted by molar-refractivity contribution is 6.31. The van der Waals surface area contributed by atoms with Crippen molar-refractivity contribution in [3.8, 4) is 11.1 Å². The lowest BCUT2D eigenvalue weighted by Gasteiger charge is -2.17. The van der Waals surface area contributed by atoms with Gasteiger partial charge in [0.05, 0.1) is 0 Å². The van der Waals surface area contributed by atoms with Crippen LogP contribution in [-0.2, 0) is 16.0 Å². The molecule has 33 heavy (non-hydrogen) atoms. The molecule has 0 saturated carbocycles. The molecule has 1 aromatic heterocycles. The summed E-state index contributed by atoms with van der Waals surface area (Å²) < 4.78 is 5.50. The van der Waals surface area contributed by atoms with Gasteiger partial charge in [-0.2, -0.15) is 0 Å². The molecule has 1 atom stereocenters. The number of carbonyl (C=O) groups is 2. The Balaban J connectivity index is 1.28. The smallest absolute Gasteiger partial charge is 0.407 e. The van der Waals surface area contributed by atoms with Crippen molar-refractivity contribution in [3.63, 3.8) is 0 Å². The van der Waals surface area contributed by atoms with Crippen LogP contribution in [0, 0.1) is 0 Å². The van der Waals surface area contributed by atoms with E-state index in [1.807, 2.05) is 42.5 Å². The van der Waals surface area contributed by atoms with Gasteiger partial charge in [-0.15, -0.1) is 0 Å². The molecule has 0 radical (unpaired) electrons. The summed E-state index contributed by atoms with van der Waals surface area (Å²) in [5.74, 6) is -1.23. The molecule has 0 fully saturated rings. The van der Waals surface area contributed by atoms with Crippen LogP contribution >= 0.6 is 11.6 Å². The largest absolute Gasteiger partial charge is 0.480 e. The highest BCUT2D eigenvalue weighted by Crippen LogP contribution is 2.44. The van der Waals surface area contributed by atoms with Gasteiger partial charge in [0.1, 0.15) is 12.6 Å². The number of ether oxygens (including phenoxy) is 1. The quantitative estimate of drug-likeness (QED) is 0.361. The average molecular weight is 461 g/mol. The number of rotatable bonds is 6. The van der Waals surface area contributed by atoms with Gasteiger partial charge >= 0.3 is 12.1 Å². The number of halogens is 1. The Morgan fingerprint density at radius 2 is 1.70 bits per heavy atom. The van der Waals surface area contributed by atoms with Crippen LogP contribution in [0.1, 0.15) is 22.6 Å². The van der Waals surface area contributed by atoms with E-state index in [0.717, 1.165) is 38.7 Å². The molecule has 5 rings (SSSR count). The maximum atomic E-state index is 12.6. The zero-order chi connectivity index (χ0) is 22.9. The molecule has 1 heterocycles. The summed E-state index contributed by atoms with van der Waals surface area (Å²) >= 11 is 6.02. The van der Waals surface area contributed by atoms with E-state index in [2.05, 4.69) is 22.4 Å². The fourth-order valence-electron chi connectivity index (χ4n) is 4.53. The minimum absolute atomic E-state index is 0.0928. The summed E-state index contributed by atoms with van der Waals surface area (Å²) in [5, 5.41) is 13.6. The Morgan fingerprint density at radius 1 is 1.03 bits per heavy atom. The van der Waals surface area contributed by atoms with Crippen molar-refractivity contribution in [2.75, 3.05) is 6.61 Å². The molecule has 0 spiro atoms. The summed E-state index contributed by atoms with van der Waals surface area (Å²) in [7, 11) is 0. The van der Waals surface area contributed by atoms with Gasteiger partial charge in [-0.25, -0.2) is 9.59 Å². The van der Waals surface area contributed by atoms with Crippen LogP contribution in [-0.4, -0.2) is 34.8 Å². The first-order chi connectivity index (χ1) is 16.0. The average Bonchev–Trinajstić information content (AvgIpc) is 3.35. The predicted molar refractivity (Wildman–Crippen MR) is 127 cm³/mol. The number of aromatic amines is 1. The summed E-state index contributed by atoms with van der Waals surface area (Å²) in [5.41, 5.74) is 6.03. The Morgan fingerprint density at radius 3 is 2.36 bits per heavy atom. The Bertz CT molecular complexity index is 1320. The molecule has 6 nitrogen and oxygen atoms in total. The van der Waals surface area contributed by atoms with Gasteiger partial charge in [-0.05, 0) is 39.9 Å². The predicted octanol–water partition coefficient (Wildman–Crippen LogP) is 5.36. The van der Waals surface area contributed by atoms with Gasteiger partial charge in [0.15, 0.2) is 0 Å². The van der Waals surface area contributed by atoms with E-state index >= 15 is 0 Å². The van der Waals surface area contributed by atoms with Crippen molar-refractivity contribution in [2.45, 2.75) is 18.4 Å². The summed E-state index contributed by atoms with van der Waals surface area (Å²) in [6, 6.07) is 20.3. The molecule has 1 aliphatic carbocycles. The van der Waals surface area contributed by atoms with Crippen LogP contribution < -0.4 is 5.32 Å². The van der Waals surface area contributed by atoms with Crippen molar-refractivity contribution in [1.82, 2.24) is 10.3 Å². The van der Waals surface area contributed by atoms with E-state index < -0.39 is 18.1 Å². The second-order valence-corrected chi connectivity index (χ2v) is 8.51. The van der Waals surface area contributed by atoms with E-state index in [0.29, 0.717) is 5.02 Å². The first kappa shape index (κ1) is 21.1. The van der Waals surface area contributed by atoms with Crippen LogP contribution in [0.5, 0.6) is 0 Å². The van der Waals surface area contributed by atoms with Crippen molar-refractivity contribution < 1.29 is 19.4 Å². The van der Waals surface area contributed by atoms with Gasteiger partial charge < -0.3 is 20.1 Å². The SMILES string of the molecule is O=C(NC(Cc1c[nH]c2cc(Cl)ccc12)C(=O)O)OCC1c2ccccc2-c2ccccc21. The molecule has 1 aliphatic rings. The summed E-state index contributed by atoms with van der Waals surface area (Å²) in [4.78, 5) is 27.5. The van der Waals surface area contributed by atoms with E-state index in [1.165, 1.54) is 0 Å². The molecule has 1 unspecified atom stereocenters. The number of hydrogen-bond acceptors (Lipinski definition) is 3. The van der Waals surface area contributed by atoms with Crippen LogP contribution in [0.25, 0.3) is 22.0 Å². The van der Waals surface area contributed by atoms with E-state index in [-0.39, 0.29) is 18.9 Å². The molecule has 0 saturated heterocycles. The molecular formula is C26H21ClN2O4. The van der Waals surface area contributed by atoms with E-state index in [9.17, 15) is 14.7 Å². The lowest BCUT2D eigenvalue weighted by atomic mass is 9.98. The van der Waals surface area contributed by atoms with E-state index in [4.69, 9.17) is 16.3 Å². The molecule has 3 aromatic carbocycles. The van der Waals surface area contributed by atoms with E-state index in [1.54, 1.807) is 18.3 Å². The molecule has 7 heteroatoms. The molecule has 3 N–H and O–H groups in total. The fourth-order valence-corrected chi connectivity index (χ4v) is 4.70. The standard InChI is InChI=1S/C26H21ClN2O4/c27-16-9-10-17-15(13-28-23(17)12-16)11-24(25(30)31)29-26(32)33-14-22-20-7-3-1-5-18(20)19-6-2-4-8-21(19)22/h1-10,12-13,22,24,28H,11,14H2,(H,29,32)(H,30,31). The number of nitrogens with one attached hydrogen (secondary N) is 2. The molecular weight excluding hydrogens is 440 g/mol. The van der Waals surface area contributed by atoms with Gasteiger partial charge in [-0.1, -0.05) is 66.2 Å². The number of benzene rings is 3. The molecule has 4 aromatic rings. The third-order valence-electron chi connectivity index (χ3n) is 6.09. The van der Waals surface area contributed by atoms with Crippen molar-refractivity contribution >= 4 is 34.6 Å². The lowest BCUT2D eigenvalue weighted by molar-refractivity contribution is -0.139. The number of aromatic nitrogens is 1. The topological polar surface area (TPSA) is 91.4 Å². The third kappa shape index (κ3) is 4.05. The molecule has 166 valence electrons. The second kappa shape index (κ2) is 8.64. The highest BCUT2D eigenvalue weighted by Gasteiger charge is 2.30. The zero-order valence-electron chi connectivity index (χ0n) is 17.5. The van der Waals surface area contributed by atoms with Crippen LogP contribution in [0.4, 0.5) is 4.79 Å². The van der Waals surface area contributed by atoms with Gasteiger partial charge in [-0.3, -0.25) is 0 Å². The number of carboxylic acid groups (broad SMARTS) is 1. The molecule has 0 aliphatic heterocycles. The number of aliphatic carboxylic acids is 1. The minimum Gasteiger partial charge on any atom is -0.480 e. The van der Waals surface area contributed by atoms with Crippen LogP contribution in [0.15, 0.2) is 72.9 Å². The lowest BCUT2D eigenvalue weighted by Crippen LogP contribution is -2.42. The normalized spacial score (nSPS) is 13.4. The Labute approximate surface area is 195 Å². The molecule has 1 amide bonds. The van der Waals surface area contributed by atoms with Gasteiger partial charge in [0, 0.05) is 34.5 Å². The van der Waals surface area contributed by atoms with Crippen LogP contribution in [0.3, 0.4) is 0 Å². The maximum absolute atomic E-state index is 12.6. The van der Waals surface area contributed by atoms with Crippen molar-refractivity contribution in [2.24, 2.45) is 0 Å². The number of carbonyl (C=O) groups excluding carboxylic acids is 1. The summed E-state index contributed by atoms with van der Waals surface area (Å²) in [6.07, 6.45) is 1.09. The monoisotopic (exact) mass is 460 g/mol. The zero-order valence-corrected chi connectivity index (χ0v) is 18.3. The maximum Gasteiger partial charge on any atom is 0.407 e. The fraction of sp³-hybridized carbons (Fsp3) is 0.154. The first-order valence-corrected chi connectivity index (χ1v) is 11.0. The Kier molecular flexibility index (Phi) is 5.52. The van der Waals surface area contributed by atoms with Gasteiger partial charge in [0.25, 0.3) is 0 Å². The minimum atomic E-state index is -1.13.